The molecule has 128 valence electrons. The van der Waals surface area contributed by atoms with Crippen molar-refractivity contribution in [1.29, 1.82) is 0 Å². The van der Waals surface area contributed by atoms with Gasteiger partial charge in [-0.3, -0.25) is 0 Å². The van der Waals surface area contributed by atoms with Gasteiger partial charge in [-0.2, -0.15) is 0 Å². The van der Waals surface area contributed by atoms with E-state index in [4.69, 9.17) is 9.47 Å². The molecule has 0 saturated carbocycles. The first kappa shape index (κ1) is 16.3. The van der Waals surface area contributed by atoms with Crippen LogP contribution < -0.4 is 9.47 Å². The highest BCUT2D eigenvalue weighted by Crippen LogP contribution is 2.51. The fourth-order valence-electron chi connectivity index (χ4n) is 4.14. The molecule has 0 unspecified atom stereocenters. The number of rotatable bonds is 2. The molecule has 0 aliphatic heterocycles. The predicted molar refractivity (Wildman–Crippen MR) is 104 cm³/mol. The van der Waals surface area contributed by atoms with Crippen LogP contribution in [0.15, 0.2) is 28.7 Å². The zero-order valence-corrected chi connectivity index (χ0v) is 16.2. The SMILES string of the molecule is COc1c(OC)c(C)c2c3c(cc(O)c2c1C)Cc1cc(Br)ccc1-3. The lowest BCUT2D eigenvalue weighted by molar-refractivity contribution is 0.352. The lowest BCUT2D eigenvalue weighted by Gasteiger charge is -2.20. The number of halogens is 1. The van der Waals surface area contributed by atoms with Crippen molar-refractivity contribution in [3.05, 3.63) is 51.0 Å². The maximum Gasteiger partial charge on any atom is 0.164 e. The van der Waals surface area contributed by atoms with Crippen LogP contribution in [0, 0.1) is 13.8 Å². The normalized spacial score (nSPS) is 12.2. The van der Waals surface area contributed by atoms with Crippen molar-refractivity contribution in [2.45, 2.75) is 20.3 Å². The Labute approximate surface area is 155 Å². The molecule has 4 rings (SSSR count). The third-order valence-electron chi connectivity index (χ3n) is 5.15. The van der Waals surface area contributed by atoms with Gasteiger partial charge in [0.05, 0.1) is 14.2 Å². The van der Waals surface area contributed by atoms with Gasteiger partial charge in [0.25, 0.3) is 0 Å². The summed E-state index contributed by atoms with van der Waals surface area (Å²) in [4.78, 5) is 0. The molecule has 0 radical (unpaired) electrons. The monoisotopic (exact) mass is 398 g/mol. The molecule has 1 aliphatic rings. The average molecular weight is 399 g/mol. The highest BCUT2D eigenvalue weighted by atomic mass is 79.9. The smallest absolute Gasteiger partial charge is 0.164 e. The first-order valence-electron chi connectivity index (χ1n) is 8.16. The van der Waals surface area contributed by atoms with E-state index in [2.05, 4.69) is 34.1 Å². The van der Waals surface area contributed by atoms with Gasteiger partial charge in [0, 0.05) is 26.4 Å². The Morgan fingerprint density at radius 2 is 1.56 bits per heavy atom. The third-order valence-corrected chi connectivity index (χ3v) is 5.64. The van der Waals surface area contributed by atoms with Gasteiger partial charge in [-0.15, -0.1) is 0 Å². The van der Waals surface area contributed by atoms with Crippen LogP contribution in [-0.2, 0) is 6.42 Å². The van der Waals surface area contributed by atoms with E-state index in [1.807, 2.05) is 19.9 Å². The molecule has 4 heteroatoms. The van der Waals surface area contributed by atoms with Crippen LogP contribution in [-0.4, -0.2) is 19.3 Å². The van der Waals surface area contributed by atoms with Gasteiger partial charge in [0.1, 0.15) is 5.75 Å². The van der Waals surface area contributed by atoms with E-state index in [9.17, 15) is 5.11 Å². The van der Waals surface area contributed by atoms with E-state index in [1.54, 1.807) is 14.2 Å². The molecule has 0 bridgehead atoms. The van der Waals surface area contributed by atoms with Gasteiger partial charge < -0.3 is 14.6 Å². The van der Waals surface area contributed by atoms with Gasteiger partial charge in [-0.1, -0.05) is 22.0 Å². The number of benzene rings is 3. The van der Waals surface area contributed by atoms with E-state index in [0.717, 1.165) is 44.1 Å². The summed E-state index contributed by atoms with van der Waals surface area (Å²) in [5.74, 6) is 1.70. The first-order chi connectivity index (χ1) is 12.0. The summed E-state index contributed by atoms with van der Waals surface area (Å²) in [6.45, 7) is 3.99. The number of aryl methyl sites for hydroxylation is 2. The Bertz CT molecular complexity index is 1040. The van der Waals surface area contributed by atoms with E-state index in [1.165, 1.54) is 16.7 Å². The summed E-state index contributed by atoms with van der Waals surface area (Å²) in [5.41, 5.74) is 6.71. The highest BCUT2D eigenvalue weighted by molar-refractivity contribution is 9.10. The van der Waals surface area contributed by atoms with E-state index < -0.39 is 0 Å². The Morgan fingerprint density at radius 3 is 2.20 bits per heavy atom. The Hall–Kier alpha value is -2.20. The average Bonchev–Trinajstić information content (AvgIpc) is 2.93. The summed E-state index contributed by atoms with van der Waals surface area (Å²) in [6.07, 6.45) is 0.820. The molecule has 3 aromatic carbocycles. The van der Waals surface area contributed by atoms with Gasteiger partial charge in [0.15, 0.2) is 11.5 Å². The molecule has 0 atom stereocenters. The van der Waals surface area contributed by atoms with E-state index >= 15 is 0 Å². The van der Waals surface area contributed by atoms with Gasteiger partial charge >= 0.3 is 0 Å². The quantitative estimate of drug-likeness (QED) is 0.483. The number of ether oxygens (including phenoxy) is 2. The Morgan fingerprint density at radius 1 is 0.920 bits per heavy atom. The second-order valence-electron chi connectivity index (χ2n) is 6.47. The topological polar surface area (TPSA) is 38.7 Å². The lowest BCUT2D eigenvalue weighted by Crippen LogP contribution is -1.99. The highest BCUT2D eigenvalue weighted by Gasteiger charge is 2.27. The van der Waals surface area contributed by atoms with Crippen LogP contribution in [0.5, 0.6) is 17.2 Å². The van der Waals surface area contributed by atoms with Crippen LogP contribution in [0.2, 0.25) is 0 Å². The molecule has 3 aromatic rings. The van der Waals surface area contributed by atoms with E-state index in [0.29, 0.717) is 11.5 Å². The number of phenolic OH excluding ortho intramolecular Hbond substituents is 1. The molecular weight excluding hydrogens is 380 g/mol. The van der Waals surface area contributed by atoms with Gasteiger partial charge in [-0.25, -0.2) is 0 Å². The van der Waals surface area contributed by atoms with E-state index in [-0.39, 0.29) is 0 Å². The van der Waals surface area contributed by atoms with Crippen molar-refractivity contribution in [3.8, 4) is 28.4 Å². The Balaban J connectivity index is 2.21. The van der Waals surface area contributed by atoms with Gasteiger partial charge in [-0.05, 0) is 60.7 Å². The molecule has 0 spiro atoms. The zero-order valence-electron chi connectivity index (χ0n) is 14.7. The van der Waals surface area contributed by atoms with Crippen LogP contribution in [0.4, 0.5) is 0 Å². The second kappa shape index (κ2) is 5.67. The number of methoxy groups -OCH3 is 2. The van der Waals surface area contributed by atoms with Crippen LogP contribution in [0.3, 0.4) is 0 Å². The summed E-state index contributed by atoms with van der Waals surface area (Å²) >= 11 is 3.56. The molecule has 1 aliphatic carbocycles. The first-order valence-corrected chi connectivity index (χ1v) is 8.95. The number of hydrogen-bond acceptors (Lipinski definition) is 3. The molecule has 1 N–H and O–H groups in total. The standard InChI is InChI=1S/C21H19BrO3/c1-10-17-16(23)9-13-7-12-8-14(22)5-6-15(12)19(13)18(17)11(2)21(25-4)20(10)24-3/h5-6,8-9,23H,7H2,1-4H3. The third kappa shape index (κ3) is 2.17. The number of hydrogen-bond donors (Lipinski definition) is 1. The summed E-state index contributed by atoms with van der Waals surface area (Å²) in [7, 11) is 3.29. The number of aromatic hydroxyl groups is 1. The number of fused-ring (bicyclic) bond motifs is 5. The van der Waals surface area contributed by atoms with Crippen molar-refractivity contribution in [2.75, 3.05) is 14.2 Å². The summed E-state index contributed by atoms with van der Waals surface area (Å²) < 4.78 is 12.3. The van der Waals surface area contributed by atoms with Crippen molar-refractivity contribution < 1.29 is 14.6 Å². The lowest BCUT2D eigenvalue weighted by atomic mass is 9.90. The van der Waals surface area contributed by atoms with Crippen LogP contribution in [0.1, 0.15) is 22.3 Å². The molecular formula is C21H19BrO3. The maximum absolute atomic E-state index is 10.8. The summed E-state index contributed by atoms with van der Waals surface area (Å²) in [6, 6.07) is 8.26. The molecule has 3 nitrogen and oxygen atoms in total. The minimum absolute atomic E-state index is 0.294. The van der Waals surface area contributed by atoms with Crippen molar-refractivity contribution in [2.24, 2.45) is 0 Å². The van der Waals surface area contributed by atoms with Crippen LogP contribution >= 0.6 is 15.9 Å². The molecule has 0 heterocycles. The predicted octanol–water partition coefficient (Wildman–Crippen LogP) is 5.51. The fraction of sp³-hybridized carbons (Fsp3) is 0.238. The maximum atomic E-state index is 10.8. The zero-order chi connectivity index (χ0) is 17.9. The van der Waals surface area contributed by atoms with Crippen LogP contribution in [0.25, 0.3) is 21.9 Å². The fourth-order valence-corrected chi connectivity index (χ4v) is 4.55. The van der Waals surface area contributed by atoms with Gasteiger partial charge in [0.2, 0.25) is 0 Å². The largest absolute Gasteiger partial charge is 0.507 e. The minimum Gasteiger partial charge on any atom is -0.507 e. The van der Waals surface area contributed by atoms with Crippen molar-refractivity contribution in [1.82, 2.24) is 0 Å². The molecule has 0 saturated heterocycles. The molecule has 25 heavy (non-hydrogen) atoms. The molecule has 0 aromatic heterocycles. The Kier molecular flexibility index (Phi) is 3.69. The molecule has 0 amide bonds. The number of phenols is 1. The summed E-state index contributed by atoms with van der Waals surface area (Å²) in [5, 5.41) is 12.6. The minimum atomic E-state index is 0.294. The van der Waals surface area contributed by atoms with Crippen molar-refractivity contribution >= 4 is 26.7 Å². The van der Waals surface area contributed by atoms with Crippen molar-refractivity contribution in [3.63, 3.8) is 0 Å². The second-order valence-corrected chi connectivity index (χ2v) is 7.39. The molecule has 0 fully saturated rings.